The molecule has 3 rings (SSSR count). The van der Waals surface area contributed by atoms with E-state index in [0.717, 1.165) is 37.5 Å². The third-order valence-corrected chi connectivity index (χ3v) is 5.01. The van der Waals surface area contributed by atoms with Gasteiger partial charge in [-0.3, -0.25) is 9.69 Å². The second-order valence-corrected chi connectivity index (χ2v) is 6.53. The molecule has 1 aliphatic heterocycles. The van der Waals surface area contributed by atoms with Gasteiger partial charge < -0.3 is 15.4 Å². The zero-order chi connectivity index (χ0) is 16.1. The van der Waals surface area contributed by atoms with Crippen molar-refractivity contribution in [1.29, 1.82) is 0 Å². The number of benzene rings is 1. The van der Waals surface area contributed by atoms with Gasteiger partial charge in [0.1, 0.15) is 5.75 Å². The summed E-state index contributed by atoms with van der Waals surface area (Å²) in [5, 5.41) is 6.53. The van der Waals surface area contributed by atoms with E-state index in [1.54, 1.807) is 7.11 Å². The van der Waals surface area contributed by atoms with E-state index in [9.17, 15) is 4.79 Å². The summed E-state index contributed by atoms with van der Waals surface area (Å²) in [7, 11) is 1.70. The number of para-hydroxylation sites is 1. The average molecular weight is 354 g/mol. The third kappa shape index (κ3) is 4.62. The fourth-order valence-corrected chi connectivity index (χ4v) is 3.38. The fourth-order valence-electron chi connectivity index (χ4n) is 3.38. The topological polar surface area (TPSA) is 53.6 Å². The summed E-state index contributed by atoms with van der Waals surface area (Å²) >= 11 is 0. The Morgan fingerprint density at radius 1 is 1.38 bits per heavy atom. The predicted molar refractivity (Wildman–Crippen MR) is 97.8 cm³/mol. The first kappa shape index (κ1) is 19.0. The van der Waals surface area contributed by atoms with Crippen molar-refractivity contribution in [3.8, 4) is 5.75 Å². The second-order valence-electron chi connectivity index (χ2n) is 6.53. The number of methoxy groups -OCH3 is 1. The number of hydrogen-bond acceptors (Lipinski definition) is 4. The zero-order valence-electron chi connectivity index (χ0n) is 14.3. The summed E-state index contributed by atoms with van der Waals surface area (Å²) < 4.78 is 5.50. The fraction of sp³-hybridized carbons (Fsp3) is 0.611. The van der Waals surface area contributed by atoms with Gasteiger partial charge in [-0.1, -0.05) is 24.6 Å². The van der Waals surface area contributed by atoms with E-state index in [-0.39, 0.29) is 24.4 Å². The van der Waals surface area contributed by atoms with Crippen molar-refractivity contribution in [2.24, 2.45) is 5.92 Å². The van der Waals surface area contributed by atoms with E-state index in [2.05, 4.69) is 21.6 Å². The van der Waals surface area contributed by atoms with Crippen LogP contribution in [0.2, 0.25) is 0 Å². The van der Waals surface area contributed by atoms with Crippen LogP contribution in [0.1, 0.15) is 30.9 Å². The van der Waals surface area contributed by atoms with Crippen LogP contribution in [0.5, 0.6) is 5.75 Å². The smallest absolute Gasteiger partial charge is 0.234 e. The highest BCUT2D eigenvalue weighted by molar-refractivity contribution is 5.85. The number of rotatable bonds is 6. The van der Waals surface area contributed by atoms with Crippen LogP contribution in [0.3, 0.4) is 0 Å². The molecule has 0 bridgehead atoms. The van der Waals surface area contributed by atoms with Crippen molar-refractivity contribution in [3.05, 3.63) is 29.8 Å². The summed E-state index contributed by atoms with van der Waals surface area (Å²) in [5.41, 5.74) is 1.15. The molecule has 1 saturated carbocycles. The molecular weight excluding hydrogens is 326 g/mol. The molecule has 1 saturated heterocycles. The number of ether oxygens (including phenoxy) is 1. The maximum atomic E-state index is 12.3. The van der Waals surface area contributed by atoms with E-state index < -0.39 is 0 Å². The lowest BCUT2D eigenvalue weighted by molar-refractivity contribution is -0.123. The maximum absolute atomic E-state index is 12.3. The molecule has 0 aromatic heterocycles. The van der Waals surface area contributed by atoms with Crippen LogP contribution >= 0.6 is 12.4 Å². The molecule has 134 valence electrons. The number of halogens is 1. The van der Waals surface area contributed by atoms with Crippen molar-refractivity contribution >= 4 is 18.3 Å². The summed E-state index contributed by atoms with van der Waals surface area (Å²) in [6.45, 7) is 3.93. The van der Waals surface area contributed by atoms with Crippen molar-refractivity contribution in [1.82, 2.24) is 15.5 Å². The highest BCUT2D eigenvalue weighted by Crippen LogP contribution is 2.30. The van der Waals surface area contributed by atoms with Gasteiger partial charge in [-0.2, -0.15) is 0 Å². The molecule has 2 aliphatic rings. The third-order valence-electron chi connectivity index (χ3n) is 5.01. The first-order valence-electron chi connectivity index (χ1n) is 8.62. The number of carbonyl (C=O) groups excluding carboxylic acids is 1. The number of nitrogens with one attached hydrogen (secondary N) is 2. The predicted octanol–water partition coefficient (Wildman–Crippen LogP) is 1.98. The minimum absolute atomic E-state index is 0. The molecule has 5 nitrogen and oxygen atoms in total. The van der Waals surface area contributed by atoms with Crippen LogP contribution in [0.4, 0.5) is 0 Å². The van der Waals surface area contributed by atoms with E-state index in [1.807, 2.05) is 18.2 Å². The number of amides is 1. The number of hydrogen-bond donors (Lipinski definition) is 2. The highest BCUT2D eigenvalue weighted by atomic mass is 35.5. The van der Waals surface area contributed by atoms with Crippen LogP contribution in [-0.4, -0.2) is 50.6 Å². The van der Waals surface area contributed by atoms with Crippen LogP contribution in [0.15, 0.2) is 24.3 Å². The van der Waals surface area contributed by atoms with Gasteiger partial charge in [0.05, 0.1) is 19.7 Å². The number of carbonyl (C=O) groups is 1. The lowest BCUT2D eigenvalue weighted by Gasteiger charge is -2.36. The summed E-state index contributed by atoms with van der Waals surface area (Å²) in [6, 6.07) is 8.26. The van der Waals surface area contributed by atoms with Gasteiger partial charge in [0.2, 0.25) is 5.91 Å². The highest BCUT2D eigenvalue weighted by Gasteiger charge is 2.28. The lowest BCUT2D eigenvalue weighted by atomic mass is 9.85. The molecule has 24 heavy (non-hydrogen) atoms. The Labute approximate surface area is 150 Å². The van der Waals surface area contributed by atoms with Crippen molar-refractivity contribution in [2.75, 3.05) is 39.8 Å². The molecule has 1 atom stereocenters. The molecular formula is C18H28ClN3O2. The molecule has 1 heterocycles. The van der Waals surface area contributed by atoms with Gasteiger partial charge in [-0.25, -0.2) is 0 Å². The van der Waals surface area contributed by atoms with Crippen LogP contribution in [-0.2, 0) is 4.79 Å². The monoisotopic (exact) mass is 353 g/mol. The second kappa shape index (κ2) is 9.25. The van der Waals surface area contributed by atoms with Crippen LogP contribution in [0.25, 0.3) is 0 Å². The van der Waals surface area contributed by atoms with Gasteiger partial charge in [0, 0.05) is 31.7 Å². The lowest BCUT2D eigenvalue weighted by Crippen LogP contribution is -2.50. The van der Waals surface area contributed by atoms with E-state index >= 15 is 0 Å². The largest absolute Gasteiger partial charge is 0.496 e. The molecule has 6 heteroatoms. The van der Waals surface area contributed by atoms with Gasteiger partial charge >= 0.3 is 0 Å². The van der Waals surface area contributed by atoms with Crippen molar-refractivity contribution < 1.29 is 9.53 Å². The van der Waals surface area contributed by atoms with Crippen molar-refractivity contribution in [3.63, 3.8) is 0 Å². The van der Waals surface area contributed by atoms with E-state index in [0.29, 0.717) is 12.5 Å². The Hall–Kier alpha value is -1.30. The van der Waals surface area contributed by atoms with E-state index in [4.69, 9.17) is 4.74 Å². The number of piperazine rings is 1. The Bertz CT molecular complexity index is 537. The normalized spacial score (nSPS) is 21.5. The molecule has 2 N–H and O–H groups in total. The van der Waals surface area contributed by atoms with Gasteiger partial charge in [-0.15, -0.1) is 12.4 Å². The molecule has 1 aromatic rings. The average Bonchev–Trinajstić information content (AvgIpc) is 2.54. The van der Waals surface area contributed by atoms with Gasteiger partial charge in [-0.05, 0) is 24.8 Å². The van der Waals surface area contributed by atoms with E-state index in [1.165, 1.54) is 19.3 Å². The first-order valence-corrected chi connectivity index (χ1v) is 8.62. The number of nitrogens with zero attached hydrogens (tertiary/aromatic N) is 1. The molecule has 2 fully saturated rings. The molecule has 0 spiro atoms. The molecule has 1 unspecified atom stereocenters. The Balaban J connectivity index is 0.00000208. The summed E-state index contributed by atoms with van der Waals surface area (Å²) in [5.74, 6) is 1.73. The quantitative estimate of drug-likeness (QED) is 0.821. The maximum Gasteiger partial charge on any atom is 0.234 e. The Kier molecular flexibility index (Phi) is 7.34. The van der Waals surface area contributed by atoms with Crippen molar-refractivity contribution in [2.45, 2.75) is 25.3 Å². The standard InChI is InChI=1S/C18H27N3O2.ClH/c1-23-17-8-3-2-7-15(17)16-12-19-9-10-21(16)13-18(22)20-11-14-5-4-6-14;/h2-3,7-8,14,16,19H,4-6,9-13H2,1H3,(H,20,22);1H. The Morgan fingerprint density at radius 2 is 2.17 bits per heavy atom. The Morgan fingerprint density at radius 3 is 2.88 bits per heavy atom. The SMILES string of the molecule is COc1ccccc1C1CNCCN1CC(=O)NCC1CCC1.Cl. The first-order chi connectivity index (χ1) is 11.3. The molecule has 1 aliphatic carbocycles. The molecule has 0 radical (unpaired) electrons. The molecule has 1 amide bonds. The van der Waals surface area contributed by atoms with Crippen LogP contribution < -0.4 is 15.4 Å². The zero-order valence-corrected chi connectivity index (χ0v) is 15.1. The minimum Gasteiger partial charge on any atom is -0.496 e. The van der Waals surface area contributed by atoms with Gasteiger partial charge in [0.15, 0.2) is 0 Å². The minimum atomic E-state index is 0. The van der Waals surface area contributed by atoms with Gasteiger partial charge in [0.25, 0.3) is 0 Å². The summed E-state index contributed by atoms with van der Waals surface area (Å²) in [4.78, 5) is 14.5. The summed E-state index contributed by atoms with van der Waals surface area (Å²) in [6.07, 6.45) is 3.84. The molecule has 1 aromatic carbocycles. The van der Waals surface area contributed by atoms with Crippen LogP contribution in [0, 0.1) is 5.92 Å².